The number of nitrogens with two attached hydrogens (primary N) is 1. The van der Waals surface area contributed by atoms with Gasteiger partial charge in [0.15, 0.2) is 0 Å². The van der Waals surface area contributed by atoms with Crippen molar-refractivity contribution in [3.8, 4) is 0 Å². The Kier molecular flexibility index (Phi) is 7.54. The maximum Gasteiger partial charge on any atom is 0.238 e. The first-order valence-electron chi connectivity index (χ1n) is 7.53. The number of rotatable bonds is 8. The molecule has 0 heterocycles. The van der Waals surface area contributed by atoms with Gasteiger partial charge >= 0.3 is 0 Å². The highest BCUT2D eigenvalue weighted by atomic mass is 35.5. The van der Waals surface area contributed by atoms with E-state index in [0.29, 0.717) is 29.0 Å². The van der Waals surface area contributed by atoms with Crippen molar-refractivity contribution in [3.05, 3.63) is 23.2 Å². The van der Waals surface area contributed by atoms with Crippen molar-refractivity contribution in [2.75, 3.05) is 24.1 Å². The molecule has 0 saturated heterocycles. The van der Waals surface area contributed by atoms with E-state index >= 15 is 0 Å². The summed E-state index contributed by atoms with van der Waals surface area (Å²) in [4.78, 5) is 14.3. The molecule has 0 aromatic heterocycles. The van der Waals surface area contributed by atoms with Crippen molar-refractivity contribution in [2.24, 2.45) is 0 Å². The van der Waals surface area contributed by atoms with Crippen LogP contribution in [0.4, 0.5) is 11.4 Å². The smallest absolute Gasteiger partial charge is 0.238 e. The van der Waals surface area contributed by atoms with E-state index in [0.717, 1.165) is 13.0 Å². The third kappa shape index (κ3) is 6.36. The van der Waals surface area contributed by atoms with Crippen molar-refractivity contribution in [2.45, 2.75) is 46.1 Å². The van der Waals surface area contributed by atoms with E-state index in [-0.39, 0.29) is 5.91 Å². The highest BCUT2D eigenvalue weighted by Crippen LogP contribution is 2.24. The van der Waals surface area contributed by atoms with Crippen LogP contribution in [-0.4, -0.2) is 29.9 Å². The first-order valence-corrected chi connectivity index (χ1v) is 7.90. The highest BCUT2D eigenvalue weighted by Gasteiger charge is 2.14. The van der Waals surface area contributed by atoms with Gasteiger partial charge in [-0.25, -0.2) is 0 Å². The Morgan fingerprint density at radius 2 is 2.10 bits per heavy atom. The molecule has 0 aliphatic heterocycles. The number of anilines is 2. The summed E-state index contributed by atoms with van der Waals surface area (Å²) in [6.45, 7) is 7.68. The van der Waals surface area contributed by atoms with Gasteiger partial charge < -0.3 is 11.1 Å². The van der Waals surface area contributed by atoms with Gasteiger partial charge in [0.2, 0.25) is 5.91 Å². The lowest BCUT2D eigenvalue weighted by atomic mass is 10.2. The number of carbonyl (C=O) groups excluding carboxylic acids is 1. The van der Waals surface area contributed by atoms with E-state index in [1.165, 1.54) is 12.8 Å². The van der Waals surface area contributed by atoms with Gasteiger partial charge in [0.1, 0.15) is 0 Å². The average Bonchev–Trinajstić information content (AvgIpc) is 2.42. The van der Waals surface area contributed by atoms with Crippen LogP contribution in [-0.2, 0) is 4.79 Å². The summed E-state index contributed by atoms with van der Waals surface area (Å²) in [7, 11) is 0. The van der Waals surface area contributed by atoms with Gasteiger partial charge in [-0.1, -0.05) is 31.4 Å². The van der Waals surface area contributed by atoms with Crippen LogP contribution in [0.25, 0.3) is 0 Å². The third-order valence-electron chi connectivity index (χ3n) is 3.39. The van der Waals surface area contributed by atoms with E-state index in [9.17, 15) is 4.79 Å². The van der Waals surface area contributed by atoms with Gasteiger partial charge in [-0.3, -0.25) is 9.69 Å². The zero-order chi connectivity index (χ0) is 15.8. The number of unbranched alkanes of at least 4 members (excludes halogenated alkanes) is 2. The topological polar surface area (TPSA) is 58.4 Å². The fourth-order valence-electron chi connectivity index (χ4n) is 2.10. The number of halogens is 1. The second kappa shape index (κ2) is 8.90. The van der Waals surface area contributed by atoms with Gasteiger partial charge in [0, 0.05) is 11.7 Å². The summed E-state index contributed by atoms with van der Waals surface area (Å²) >= 11 is 6.06. The van der Waals surface area contributed by atoms with Crippen LogP contribution in [0.5, 0.6) is 0 Å². The van der Waals surface area contributed by atoms with E-state index in [2.05, 4.69) is 31.0 Å². The maximum absolute atomic E-state index is 12.2. The molecule has 4 nitrogen and oxygen atoms in total. The molecule has 0 fully saturated rings. The van der Waals surface area contributed by atoms with Crippen molar-refractivity contribution < 1.29 is 4.79 Å². The molecule has 0 bridgehead atoms. The summed E-state index contributed by atoms with van der Waals surface area (Å²) in [5.41, 5.74) is 6.86. The monoisotopic (exact) mass is 311 g/mol. The van der Waals surface area contributed by atoms with Crippen LogP contribution in [0.1, 0.15) is 40.0 Å². The minimum absolute atomic E-state index is 0.0623. The zero-order valence-corrected chi connectivity index (χ0v) is 13.9. The van der Waals surface area contributed by atoms with Gasteiger partial charge in [0.25, 0.3) is 0 Å². The fraction of sp³-hybridized carbons (Fsp3) is 0.562. The van der Waals surface area contributed by atoms with Gasteiger partial charge in [-0.05, 0) is 45.0 Å². The number of carbonyl (C=O) groups is 1. The number of amides is 1. The molecule has 5 heteroatoms. The quantitative estimate of drug-likeness (QED) is 0.567. The van der Waals surface area contributed by atoms with Crippen LogP contribution in [0.15, 0.2) is 18.2 Å². The van der Waals surface area contributed by atoms with Crippen molar-refractivity contribution in [1.82, 2.24) is 4.90 Å². The van der Waals surface area contributed by atoms with Crippen LogP contribution in [0.2, 0.25) is 5.02 Å². The molecule has 0 unspecified atom stereocenters. The lowest BCUT2D eigenvalue weighted by molar-refractivity contribution is -0.117. The number of nitrogens with zero attached hydrogens (tertiary/aromatic N) is 1. The SMILES string of the molecule is CCCCCN(CC(=O)Nc1cc(N)ccc1Cl)C(C)C. The largest absolute Gasteiger partial charge is 0.399 e. The van der Waals surface area contributed by atoms with Gasteiger partial charge in [-0.15, -0.1) is 0 Å². The summed E-state index contributed by atoms with van der Waals surface area (Å²) in [5, 5.41) is 3.33. The summed E-state index contributed by atoms with van der Waals surface area (Å²) in [6, 6.07) is 5.41. The lowest BCUT2D eigenvalue weighted by Gasteiger charge is -2.25. The number of hydrogen-bond donors (Lipinski definition) is 2. The van der Waals surface area contributed by atoms with Crippen molar-refractivity contribution in [3.63, 3.8) is 0 Å². The first-order chi connectivity index (χ1) is 9.93. The minimum Gasteiger partial charge on any atom is -0.399 e. The Labute approximate surface area is 132 Å². The van der Waals surface area contributed by atoms with Crippen molar-refractivity contribution >= 4 is 28.9 Å². The van der Waals surface area contributed by atoms with Crippen LogP contribution < -0.4 is 11.1 Å². The van der Waals surface area contributed by atoms with Gasteiger partial charge in [-0.2, -0.15) is 0 Å². The molecular formula is C16H26ClN3O. The molecule has 0 radical (unpaired) electrons. The van der Waals surface area contributed by atoms with E-state index in [1.807, 2.05) is 0 Å². The molecule has 0 spiro atoms. The number of benzene rings is 1. The number of hydrogen-bond acceptors (Lipinski definition) is 3. The number of nitrogen functional groups attached to an aromatic ring is 1. The fourth-order valence-corrected chi connectivity index (χ4v) is 2.26. The molecule has 0 atom stereocenters. The Morgan fingerprint density at radius 3 is 2.71 bits per heavy atom. The molecule has 1 aromatic rings. The average molecular weight is 312 g/mol. The normalized spacial score (nSPS) is 11.1. The molecule has 21 heavy (non-hydrogen) atoms. The Morgan fingerprint density at radius 1 is 1.38 bits per heavy atom. The van der Waals surface area contributed by atoms with Crippen LogP contribution in [0.3, 0.4) is 0 Å². The molecule has 3 N–H and O–H groups in total. The predicted octanol–water partition coefficient (Wildman–Crippen LogP) is 3.76. The number of nitrogens with one attached hydrogen (secondary N) is 1. The summed E-state index contributed by atoms with van der Waals surface area (Å²) < 4.78 is 0. The standard InChI is InChI=1S/C16H26ClN3O/c1-4-5-6-9-20(12(2)3)11-16(21)19-15-10-13(18)7-8-14(15)17/h7-8,10,12H,4-6,9,11,18H2,1-3H3,(H,19,21). The third-order valence-corrected chi connectivity index (χ3v) is 3.72. The molecule has 0 aliphatic rings. The van der Waals surface area contributed by atoms with E-state index in [4.69, 9.17) is 17.3 Å². The molecule has 1 aromatic carbocycles. The summed E-state index contributed by atoms with van der Waals surface area (Å²) in [5.74, 6) is -0.0623. The molecule has 0 saturated carbocycles. The van der Waals surface area contributed by atoms with Crippen LogP contribution >= 0.6 is 11.6 Å². The molecular weight excluding hydrogens is 286 g/mol. The minimum atomic E-state index is -0.0623. The second-order valence-electron chi connectivity index (χ2n) is 5.56. The molecule has 1 rings (SSSR count). The highest BCUT2D eigenvalue weighted by molar-refractivity contribution is 6.33. The lowest BCUT2D eigenvalue weighted by Crippen LogP contribution is -2.38. The van der Waals surface area contributed by atoms with Crippen molar-refractivity contribution in [1.29, 1.82) is 0 Å². The Balaban J connectivity index is 2.59. The van der Waals surface area contributed by atoms with E-state index < -0.39 is 0 Å². The Bertz CT molecular complexity index is 463. The summed E-state index contributed by atoms with van der Waals surface area (Å²) in [6.07, 6.45) is 3.48. The molecule has 1 amide bonds. The first kappa shape index (κ1) is 17.8. The molecule has 0 aliphatic carbocycles. The molecule has 118 valence electrons. The van der Waals surface area contributed by atoms with E-state index in [1.54, 1.807) is 18.2 Å². The Hall–Kier alpha value is -1.26. The second-order valence-corrected chi connectivity index (χ2v) is 5.97. The predicted molar refractivity (Wildman–Crippen MR) is 90.7 cm³/mol. The van der Waals surface area contributed by atoms with Gasteiger partial charge in [0.05, 0.1) is 17.3 Å². The zero-order valence-electron chi connectivity index (χ0n) is 13.2. The van der Waals surface area contributed by atoms with Crippen LogP contribution in [0, 0.1) is 0 Å². The maximum atomic E-state index is 12.2.